The van der Waals surface area contributed by atoms with Gasteiger partial charge in [-0.1, -0.05) is 264 Å². The number of ether oxygens (including phenoxy) is 4. The second kappa shape index (κ2) is 60.1. The van der Waals surface area contributed by atoms with Gasteiger partial charge in [-0.3, -0.25) is 37.3 Å². The van der Waals surface area contributed by atoms with Crippen molar-refractivity contribution in [1.29, 1.82) is 0 Å². The fourth-order valence-corrected chi connectivity index (χ4v) is 11.1. The van der Waals surface area contributed by atoms with E-state index in [2.05, 4.69) is 58.9 Å². The van der Waals surface area contributed by atoms with E-state index < -0.39 is 97.5 Å². The normalized spacial score (nSPS) is 14.7. The Balaban J connectivity index is 5.21. The first-order chi connectivity index (χ1) is 41.6. The molecule has 506 valence electrons. The zero-order valence-electron chi connectivity index (χ0n) is 54.9. The van der Waals surface area contributed by atoms with E-state index in [0.717, 1.165) is 121 Å². The van der Waals surface area contributed by atoms with Crippen LogP contribution in [0, 0.1) is 5.92 Å². The van der Waals surface area contributed by atoms with E-state index in [1.165, 1.54) is 116 Å². The minimum absolute atomic E-state index is 0.0998. The van der Waals surface area contributed by atoms with Gasteiger partial charge in [-0.25, -0.2) is 9.13 Å². The standard InChI is InChI=1S/C67H126O17P2/c1-6-10-13-16-18-20-22-24-26-28-30-32-34-36-42-47-52-66(71)83-63(57-78-65(70)51-46-41-35-33-31-29-27-25-23-21-19-17-14-11-7-2)59-82-86(75,76)80-55-61(68)54-79-85(73,74)81-58-62(56-77-64(69)50-45-39-15-12-8-3)84-67(72)53-48-43-38-37-40-44-49-60(5)9-4/h21,23,25,27,60-63,68H,6-20,22,24,26,28-59H2,1-5H3,(H,73,74)(H,75,76)/b23-21-,27-25-/t60?,61-,62+,63+/m0/s1. The number of aliphatic hydroxyl groups is 1. The van der Waals surface area contributed by atoms with Crippen molar-refractivity contribution in [2.75, 3.05) is 39.6 Å². The number of allylic oxidation sites excluding steroid dienone is 4. The average Bonchev–Trinajstić information content (AvgIpc) is 3.59. The smallest absolute Gasteiger partial charge is 0.462 e. The van der Waals surface area contributed by atoms with Crippen LogP contribution in [-0.2, 0) is 65.4 Å². The monoisotopic (exact) mass is 1260 g/mol. The van der Waals surface area contributed by atoms with Gasteiger partial charge < -0.3 is 33.8 Å². The van der Waals surface area contributed by atoms with Crippen LogP contribution in [0.1, 0.15) is 317 Å². The molecule has 0 aromatic carbocycles. The molecule has 0 heterocycles. The number of esters is 4. The second-order valence-corrected chi connectivity index (χ2v) is 26.7. The lowest BCUT2D eigenvalue weighted by Gasteiger charge is -2.21. The summed E-state index contributed by atoms with van der Waals surface area (Å²) >= 11 is 0. The first-order valence-corrected chi connectivity index (χ1v) is 37.5. The zero-order chi connectivity index (χ0) is 63.5. The maximum atomic E-state index is 13.0. The molecule has 19 heteroatoms. The number of hydrogen-bond donors (Lipinski definition) is 3. The van der Waals surface area contributed by atoms with E-state index in [9.17, 15) is 43.2 Å². The van der Waals surface area contributed by atoms with Gasteiger partial charge in [-0.2, -0.15) is 0 Å². The highest BCUT2D eigenvalue weighted by molar-refractivity contribution is 7.47. The van der Waals surface area contributed by atoms with Gasteiger partial charge >= 0.3 is 39.5 Å². The molecule has 3 unspecified atom stereocenters. The summed E-state index contributed by atoms with van der Waals surface area (Å²) in [6, 6.07) is 0. The van der Waals surface area contributed by atoms with Gasteiger partial charge in [0.25, 0.3) is 0 Å². The van der Waals surface area contributed by atoms with Crippen LogP contribution in [0.5, 0.6) is 0 Å². The van der Waals surface area contributed by atoms with Gasteiger partial charge in [0.15, 0.2) is 12.2 Å². The van der Waals surface area contributed by atoms with Gasteiger partial charge in [-0.15, -0.1) is 0 Å². The number of phosphoric acid groups is 2. The van der Waals surface area contributed by atoms with Crippen LogP contribution >= 0.6 is 15.6 Å². The number of hydrogen-bond acceptors (Lipinski definition) is 15. The third kappa shape index (κ3) is 59.2. The van der Waals surface area contributed by atoms with Gasteiger partial charge in [-0.05, 0) is 57.3 Å². The van der Waals surface area contributed by atoms with Crippen LogP contribution in [0.15, 0.2) is 24.3 Å². The molecule has 0 aromatic heterocycles. The molecule has 0 amide bonds. The Hall–Kier alpha value is -2.46. The molecule has 3 N–H and O–H groups in total. The Labute approximate surface area is 522 Å². The summed E-state index contributed by atoms with van der Waals surface area (Å²) in [4.78, 5) is 72.1. The van der Waals surface area contributed by atoms with Crippen LogP contribution in [-0.4, -0.2) is 96.7 Å². The van der Waals surface area contributed by atoms with Crippen molar-refractivity contribution in [1.82, 2.24) is 0 Å². The molecule has 0 spiro atoms. The zero-order valence-corrected chi connectivity index (χ0v) is 56.7. The molecular formula is C67H126O17P2. The van der Waals surface area contributed by atoms with E-state index in [-0.39, 0.29) is 25.7 Å². The maximum Gasteiger partial charge on any atom is 0.472 e. The van der Waals surface area contributed by atoms with Crippen molar-refractivity contribution in [3.05, 3.63) is 24.3 Å². The number of carbonyl (C=O) groups excluding carboxylic acids is 4. The Kier molecular flexibility index (Phi) is 58.4. The Bertz CT molecular complexity index is 1760. The van der Waals surface area contributed by atoms with Gasteiger partial charge in [0.1, 0.15) is 19.3 Å². The van der Waals surface area contributed by atoms with Gasteiger partial charge in [0.2, 0.25) is 0 Å². The predicted molar refractivity (Wildman–Crippen MR) is 344 cm³/mol. The molecule has 0 saturated carbocycles. The number of rotatable bonds is 65. The molecule has 0 aliphatic rings. The second-order valence-electron chi connectivity index (χ2n) is 23.8. The van der Waals surface area contributed by atoms with Crippen molar-refractivity contribution in [2.24, 2.45) is 5.92 Å². The van der Waals surface area contributed by atoms with E-state index in [4.69, 9.17) is 37.0 Å². The summed E-state index contributed by atoms with van der Waals surface area (Å²) < 4.78 is 67.9. The molecule has 0 rings (SSSR count). The molecule has 0 fully saturated rings. The Morgan fingerprint density at radius 3 is 0.988 bits per heavy atom. The fourth-order valence-electron chi connectivity index (χ4n) is 9.54. The molecule has 0 radical (unpaired) electrons. The van der Waals surface area contributed by atoms with Crippen molar-refractivity contribution in [3.63, 3.8) is 0 Å². The minimum Gasteiger partial charge on any atom is -0.462 e. The van der Waals surface area contributed by atoms with Crippen LogP contribution in [0.25, 0.3) is 0 Å². The van der Waals surface area contributed by atoms with Crippen LogP contribution in [0.3, 0.4) is 0 Å². The predicted octanol–water partition coefficient (Wildman–Crippen LogP) is 18.5. The molecule has 86 heavy (non-hydrogen) atoms. The fraction of sp³-hybridized carbons (Fsp3) is 0.881. The molecule has 6 atom stereocenters. The molecule has 0 aliphatic carbocycles. The lowest BCUT2D eigenvalue weighted by Crippen LogP contribution is -2.30. The number of aliphatic hydroxyl groups excluding tert-OH is 1. The van der Waals surface area contributed by atoms with Gasteiger partial charge in [0, 0.05) is 25.7 Å². The molecule has 0 aliphatic heterocycles. The maximum absolute atomic E-state index is 13.0. The van der Waals surface area contributed by atoms with Crippen molar-refractivity contribution in [2.45, 2.75) is 335 Å². The molecule has 0 aromatic rings. The van der Waals surface area contributed by atoms with E-state index in [0.29, 0.717) is 25.7 Å². The molecule has 0 saturated heterocycles. The highest BCUT2D eigenvalue weighted by atomic mass is 31.2. The first-order valence-electron chi connectivity index (χ1n) is 34.5. The molecule has 17 nitrogen and oxygen atoms in total. The third-order valence-corrected chi connectivity index (χ3v) is 17.2. The third-order valence-electron chi connectivity index (χ3n) is 15.3. The van der Waals surface area contributed by atoms with Crippen LogP contribution in [0.2, 0.25) is 0 Å². The summed E-state index contributed by atoms with van der Waals surface area (Å²) in [5.74, 6) is -1.45. The lowest BCUT2D eigenvalue weighted by molar-refractivity contribution is -0.161. The van der Waals surface area contributed by atoms with Crippen molar-refractivity contribution in [3.8, 4) is 0 Å². The summed E-state index contributed by atoms with van der Waals surface area (Å²) in [7, 11) is -9.89. The Morgan fingerprint density at radius 2 is 0.651 bits per heavy atom. The topological polar surface area (TPSA) is 237 Å². The highest BCUT2D eigenvalue weighted by Crippen LogP contribution is 2.45. The largest absolute Gasteiger partial charge is 0.472 e. The summed E-state index contributed by atoms with van der Waals surface area (Å²) in [6.07, 6.45) is 48.5. The van der Waals surface area contributed by atoms with Crippen molar-refractivity contribution < 1.29 is 80.2 Å². The quantitative estimate of drug-likeness (QED) is 0.0169. The molecular weight excluding hydrogens is 1140 g/mol. The minimum atomic E-state index is -4.95. The summed E-state index contributed by atoms with van der Waals surface area (Å²) in [5, 5.41) is 10.5. The van der Waals surface area contributed by atoms with Crippen LogP contribution in [0.4, 0.5) is 0 Å². The number of phosphoric ester groups is 2. The number of unbranched alkanes of at least 4 members (excludes halogenated alkanes) is 33. The Morgan fingerprint density at radius 1 is 0.372 bits per heavy atom. The van der Waals surface area contributed by atoms with Crippen molar-refractivity contribution >= 4 is 39.5 Å². The highest BCUT2D eigenvalue weighted by Gasteiger charge is 2.30. The van der Waals surface area contributed by atoms with E-state index in [1.807, 2.05) is 0 Å². The SMILES string of the molecule is CCCCCC/C=C\C=C/CCCCCCCC(=O)OC[C@H](COP(=O)(O)OC[C@@H](O)COP(=O)(O)OC[C@@H](COC(=O)CCCCCCC)OC(=O)CCCCCCCCC(C)CC)OC(=O)CCCCCCCCCCCCCCCCCC. The lowest BCUT2D eigenvalue weighted by atomic mass is 10.00. The average molecular weight is 1270 g/mol. The van der Waals surface area contributed by atoms with Gasteiger partial charge in [0.05, 0.1) is 26.4 Å². The van der Waals surface area contributed by atoms with E-state index in [1.54, 1.807) is 0 Å². The summed E-state index contributed by atoms with van der Waals surface area (Å²) in [6.45, 7) is 7.01. The van der Waals surface area contributed by atoms with Crippen LogP contribution < -0.4 is 0 Å². The first kappa shape index (κ1) is 83.5. The summed E-state index contributed by atoms with van der Waals surface area (Å²) in [5.41, 5.74) is 0. The van der Waals surface area contributed by atoms with E-state index >= 15 is 0 Å². The number of carbonyl (C=O) groups is 4. The molecule has 0 bridgehead atoms.